The average Bonchev–Trinajstić information content (AvgIpc) is 2.23. The van der Waals surface area contributed by atoms with E-state index in [1.54, 1.807) is 12.1 Å². The molecule has 5 heteroatoms. The fourth-order valence-corrected chi connectivity index (χ4v) is 1.80. The van der Waals surface area contributed by atoms with E-state index in [9.17, 15) is 10.1 Å². The lowest BCUT2D eigenvalue weighted by atomic mass is 10.1. The SMILES string of the molecule is O=[N+]([O-])c1ccc(CCN2CC(O)C2)cc1. The van der Waals surface area contributed by atoms with Crippen molar-refractivity contribution in [3.63, 3.8) is 0 Å². The first-order valence-corrected chi connectivity index (χ1v) is 5.29. The molecule has 1 aromatic rings. The van der Waals surface area contributed by atoms with Crippen LogP contribution < -0.4 is 0 Å². The number of nitro groups is 1. The number of likely N-dealkylation sites (tertiary alicyclic amines) is 1. The Hall–Kier alpha value is -1.46. The van der Waals surface area contributed by atoms with Gasteiger partial charge in [0.1, 0.15) is 0 Å². The molecule has 1 saturated heterocycles. The summed E-state index contributed by atoms with van der Waals surface area (Å²) in [5.41, 5.74) is 1.22. The minimum atomic E-state index is -0.393. The summed E-state index contributed by atoms with van der Waals surface area (Å²) < 4.78 is 0. The van der Waals surface area contributed by atoms with E-state index in [-0.39, 0.29) is 11.8 Å². The molecule has 86 valence electrons. The molecule has 0 radical (unpaired) electrons. The number of aliphatic hydroxyl groups is 1. The molecule has 2 rings (SSSR count). The van der Waals surface area contributed by atoms with Crippen LogP contribution in [0.1, 0.15) is 5.56 Å². The van der Waals surface area contributed by atoms with Crippen LogP contribution in [0.3, 0.4) is 0 Å². The molecular weight excluding hydrogens is 208 g/mol. The maximum atomic E-state index is 10.4. The molecule has 0 saturated carbocycles. The van der Waals surface area contributed by atoms with Crippen molar-refractivity contribution in [3.05, 3.63) is 39.9 Å². The second kappa shape index (κ2) is 4.59. The van der Waals surface area contributed by atoms with Crippen LogP contribution in [0.25, 0.3) is 0 Å². The monoisotopic (exact) mass is 222 g/mol. The second-order valence-electron chi connectivity index (χ2n) is 4.09. The summed E-state index contributed by atoms with van der Waals surface area (Å²) in [5.74, 6) is 0. The van der Waals surface area contributed by atoms with Crippen LogP contribution in [-0.2, 0) is 6.42 Å². The summed E-state index contributed by atoms with van der Waals surface area (Å²) in [6.07, 6.45) is 0.696. The number of β-amino-alcohol motifs (C(OH)–C–C–N with tert-alkyl or cyclic N) is 1. The van der Waals surface area contributed by atoms with Gasteiger partial charge >= 0.3 is 0 Å². The van der Waals surface area contributed by atoms with Crippen LogP contribution in [0, 0.1) is 10.1 Å². The van der Waals surface area contributed by atoms with Gasteiger partial charge in [0.2, 0.25) is 0 Å². The van der Waals surface area contributed by atoms with E-state index in [2.05, 4.69) is 4.90 Å². The van der Waals surface area contributed by atoms with Gasteiger partial charge in [-0.15, -0.1) is 0 Å². The van der Waals surface area contributed by atoms with Crippen LogP contribution in [0.4, 0.5) is 5.69 Å². The van der Waals surface area contributed by atoms with Crippen molar-refractivity contribution in [1.82, 2.24) is 4.90 Å². The Morgan fingerprint density at radius 1 is 1.38 bits per heavy atom. The average molecular weight is 222 g/mol. The van der Waals surface area contributed by atoms with E-state index in [1.807, 2.05) is 0 Å². The highest BCUT2D eigenvalue weighted by Crippen LogP contribution is 2.14. The van der Waals surface area contributed by atoms with Gasteiger partial charge in [0, 0.05) is 31.8 Å². The Labute approximate surface area is 93.5 Å². The molecule has 0 atom stereocenters. The highest BCUT2D eigenvalue weighted by molar-refractivity contribution is 5.32. The number of aliphatic hydroxyl groups excluding tert-OH is 1. The van der Waals surface area contributed by atoms with Gasteiger partial charge in [-0.2, -0.15) is 0 Å². The standard InChI is InChI=1S/C11H14N2O3/c14-11-7-12(8-11)6-5-9-1-3-10(4-2-9)13(15)16/h1-4,11,14H,5-8H2. The smallest absolute Gasteiger partial charge is 0.269 e. The zero-order valence-corrected chi connectivity index (χ0v) is 8.87. The maximum absolute atomic E-state index is 10.4. The van der Waals surface area contributed by atoms with E-state index in [1.165, 1.54) is 12.1 Å². The third-order valence-corrected chi connectivity index (χ3v) is 2.80. The number of nitro benzene ring substituents is 1. The molecule has 0 unspecified atom stereocenters. The van der Waals surface area contributed by atoms with Crippen LogP contribution in [0.2, 0.25) is 0 Å². The molecule has 1 N–H and O–H groups in total. The van der Waals surface area contributed by atoms with Gasteiger partial charge in [-0.1, -0.05) is 12.1 Å². The maximum Gasteiger partial charge on any atom is 0.269 e. The summed E-state index contributed by atoms with van der Waals surface area (Å²) in [5, 5.41) is 19.5. The lowest BCUT2D eigenvalue weighted by molar-refractivity contribution is -0.384. The van der Waals surface area contributed by atoms with Crippen LogP contribution >= 0.6 is 0 Å². The molecule has 1 heterocycles. The van der Waals surface area contributed by atoms with E-state index >= 15 is 0 Å². The largest absolute Gasteiger partial charge is 0.390 e. The number of nitrogens with zero attached hydrogens (tertiary/aromatic N) is 2. The first kappa shape index (κ1) is 11.0. The molecule has 1 aliphatic heterocycles. The summed E-state index contributed by atoms with van der Waals surface area (Å²) in [6.45, 7) is 2.38. The lowest BCUT2D eigenvalue weighted by Gasteiger charge is -2.35. The molecule has 0 aromatic heterocycles. The molecule has 0 spiro atoms. The highest BCUT2D eigenvalue weighted by Gasteiger charge is 2.23. The molecule has 16 heavy (non-hydrogen) atoms. The number of non-ortho nitro benzene ring substituents is 1. The van der Waals surface area contributed by atoms with Crippen molar-refractivity contribution >= 4 is 5.69 Å². The third-order valence-electron chi connectivity index (χ3n) is 2.80. The summed E-state index contributed by atoms with van der Waals surface area (Å²) in [4.78, 5) is 12.2. The predicted molar refractivity (Wildman–Crippen MR) is 59.2 cm³/mol. The molecule has 5 nitrogen and oxygen atoms in total. The molecule has 1 aliphatic rings. The Bertz CT molecular complexity index is 371. The van der Waals surface area contributed by atoms with Crippen LogP contribution in [-0.4, -0.2) is 40.7 Å². The lowest BCUT2D eigenvalue weighted by Crippen LogP contribution is -2.51. The minimum absolute atomic E-state index is 0.128. The number of hydrogen-bond donors (Lipinski definition) is 1. The van der Waals surface area contributed by atoms with Gasteiger partial charge in [0.25, 0.3) is 5.69 Å². The summed E-state index contributed by atoms with van der Waals surface area (Å²) in [7, 11) is 0. The van der Waals surface area contributed by atoms with E-state index in [0.717, 1.165) is 31.6 Å². The molecular formula is C11H14N2O3. The van der Waals surface area contributed by atoms with Gasteiger partial charge in [-0.3, -0.25) is 15.0 Å². The molecule has 0 bridgehead atoms. The van der Waals surface area contributed by atoms with Crippen molar-refractivity contribution in [2.24, 2.45) is 0 Å². The molecule has 1 fully saturated rings. The molecule has 1 aromatic carbocycles. The minimum Gasteiger partial charge on any atom is -0.390 e. The van der Waals surface area contributed by atoms with E-state index < -0.39 is 4.92 Å². The van der Waals surface area contributed by atoms with E-state index in [4.69, 9.17) is 5.11 Å². The fraction of sp³-hybridized carbons (Fsp3) is 0.455. The van der Waals surface area contributed by atoms with Crippen molar-refractivity contribution in [1.29, 1.82) is 0 Å². The van der Waals surface area contributed by atoms with Crippen molar-refractivity contribution in [2.45, 2.75) is 12.5 Å². The third kappa shape index (κ3) is 2.56. The second-order valence-corrected chi connectivity index (χ2v) is 4.09. The number of hydrogen-bond acceptors (Lipinski definition) is 4. The van der Waals surface area contributed by atoms with Gasteiger partial charge in [0.15, 0.2) is 0 Å². The molecule has 0 aliphatic carbocycles. The Balaban J connectivity index is 1.83. The van der Waals surface area contributed by atoms with Gasteiger partial charge in [0.05, 0.1) is 11.0 Å². The van der Waals surface area contributed by atoms with Crippen molar-refractivity contribution < 1.29 is 10.0 Å². The van der Waals surface area contributed by atoms with Crippen LogP contribution in [0.5, 0.6) is 0 Å². The van der Waals surface area contributed by atoms with Gasteiger partial charge in [-0.05, 0) is 12.0 Å². The first-order valence-electron chi connectivity index (χ1n) is 5.29. The zero-order valence-electron chi connectivity index (χ0n) is 8.87. The quantitative estimate of drug-likeness (QED) is 0.605. The normalized spacial score (nSPS) is 17.1. The van der Waals surface area contributed by atoms with Gasteiger partial charge in [-0.25, -0.2) is 0 Å². The zero-order chi connectivity index (χ0) is 11.5. The van der Waals surface area contributed by atoms with Crippen molar-refractivity contribution in [3.8, 4) is 0 Å². The van der Waals surface area contributed by atoms with Crippen LogP contribution in [0.15, 0.2) is 24.3 Å². The Morgan fingerprint density at radius 2 is 2.00 bits per heavy atom. The fourth-order valence-electron chi connectivity index (χ4n) is 1.80. The Morgan fingerprint density at radius 3 is 2.50 bits per heavy atom. The number of rotatable bonds is 4. The summed E-state index contributed by atoms with van der Waals surface area (Å²) >= 11 is 0. The van der Waals surface area contributed by atoms with Crippen molar-refractivity contribution in [2.75, 3.05) is 19.6 Å². The van der Waals surface area contributed by atoms with E-state index in [0.29, 0.717) is 0 Å². The number of benzene rings is 1. The Kier molecular flexibility index (Phi) is 3.17. The predicted octanol–water partition coefficient (Wildman–Crippen LogP) is 0.814. The molecule has 0 amide bonds. The topological polar surface area (TPSA) is 66.6 Å². The van der Waals surface area contributed by atoms with Gasteiger partial charge < -0.3 is 5.11 Å². The first-order chi connectivity index (χ1) is 7.65. The summed E-state index contributed by atoms with van der Waals surface area (Å²) in [6, 6.07) is 6.63. The highest BCUT2D eigenvalue weighted by atomic mass is 16.6.